The largest absolute Gasteiger partial charge is 0.385 e. The summed E-state index contributed by atoms with van der Waals surface area (Å²) in [5.41, 5.74) is 2.61. The Kier molecular flexibility index (Phi) is 4.04. The molecule has 0 spiro atoms. The van der Waals surface area contributed by atoms with Crippen LogP contribution in [0.4, 0.5) is 5.69 Å². The molecule has 0 heterocycles. The van der Waals surface area contributed by atoms with E-state index in [1.807, 2.05) is 19.1 Å². The van der Waals surface area contributed by atoms with Gasteiger partial charge in [-0.15, -0.1) is 0 Å². The number of aryl methyl sites for hydroxylation is 1. The first-order valence-electron chi connectivity index (χ1n) is 5.38. The molecule has 0 aliphatic heterocycles. The lowest BCUT2D eigenvalue weighted by atomic mass is 9.92. The fraction of sp³-hybridized carbons (Fsp3) is 0.538. The normalized spacial score (nSPS) is 11.5. The molecular formula is C13H20ClN. The SMILES string of the molecule is Cc1ccc(NCCC(C)(C)C)cc1Cl. The Labute approximate surface area is 97.8 Å². The van der Waals surface area contributed by atoms with Gasteiger partial charge in [-0.25, -0.2) is 0 Å². The molecule has 1 N–H and O–H groups in total. The summed E-state index contributed by atoms with van der Waals surface area (Å²) in [7, 11) is 0. The summed E-state index contributed by atoms with van der Waals surface area (Å²) in [6, 6.07) is 6.10. The third-order valence-corrected chi connectivity index (χ3v) is 2.78. The fourth-order valence-corrected chi connectivity index (χ4v) is 1.47. The Hall–Kier alpha value is -0.690. The summed E-state index contributed by atoms with van der Waals surface area (Å²) >= 11 is 6.04. The number of hydrogen-bond acceptors (Lipinski definition) is 1. The summed E-state index contributed by atoms with van der Waals surface area (Å²) in [5.74, 6) is 0. The van der Waals surface area contributed by atoms with Crippen LogP contribution in [-0.2, 0) is 0 Å². The van der Waals surface area contributed by atoms with Crippen LogP contribution in [-0.4, -0.2) is 6.54 Å². The van der Waals surface area contributed by atoms with E-state index in [9.17, 15) is 0 Å². The van der Waals surface area contributed by atoms with Crippen LogP contribution in [0.1, 0.15) is 32.8 Å². The van der Waals surface area contributed by atoms with Gasteiger partial charge in [-0.2, -0.15) is 0 Å². The molecule has 1 nitrogen and oxygen atoms in total. The van der Waals surface area contributed by atoms with Crippen molar-refractivity contribution in [3.63, 3.8) is 0 Å². The van der Waals surface area contributed by atoms with Gasteiger partial charge in [0.15, 0.2) is 0 Å². The number of hydrogen-bond donors (Lipinski definition) is 1. The Morgan fingerprint density at radius 2 is 1.93 bits per heavy atom. The molecule has 1 aromatic carbocycles. The quantitative estimate of drug-likeness (QED) is 0.799. The maximum absolute atomic E-state index is 6.04. The minimum absolute atomic E-state index is 0.376. The van der Waals surface area contributed by atoms with E-state index in [1.54, 1.807) is 0 Å². The van der Waals surface area contributed by atoms with Crippen LogP contribution < -0.4 is 5.32 Å². The molecule has 0 unspecified atom stereocenters. The van der Waals surface area contributed by atoms with Crippen LogP contribution in [0.15, 0.2) is 18.2 Å². The number of anilines is 1. The van der Waals surface area contributed by atoms with Gasteiger partial charge in [0.25, 0.3) is 0 Å². The monoisotopic (exact) mass is 225 g/mol. The summed E-state index contributed by atoms with van der Waals surface area (Å²) in [4.78, 5) is 0. The molecule has 1 aromatic rings. The molecule has 0 aliphatic carbocycles. The van der Waals surface area contributed by atoms with Crippen molar-refractivity contribution in [2.45, 2.75) is 34.1 Å². The second kappa shape index (κ2) is 4.89. The third-order valence-electron chi connectivity index (χ3n) is 2.38. The summed E-state index contributed by atoms with van der Waals surface area (Å²) in [6.45, 7) is 9.74. The zero-order valence-corrected chi connectivity index (χ0v) is 10.8. The average Bonchev–Trinajstić information content (AvgIpc) is 2.09. The highest BCUT2D eigenvalue weighted by Crippen LogP contribution is 2.22. The molecule has 0 saturated heterocycles. The molecule has 0 radical (unpaired) electrons. The Morgan fingerprint density at radius 1 is 1.27 bits per heavy atom. The smallest absolute Gasteiger partial charge is 0.0455 e. The van der Waals surface area contributed by atoms with Crippen molar-refractivity contribution >= 4 is 17.3 Å². The van der Waals surface area contributed by atoms with Crippen molar-refractivity contribution < 1.29 is 0 Å². The fourth-order valence-electron chi connectivity index (χ4n) is 1.28. The number of benzene rings is 1. The van der Waals surface area contributed by atoms with Crippen molar-refractivity contribution in [2.24, 2.45) is 5.41 Å². The Balaban J connectivity index is 2.48. The van der Waals surface area contributed by atoms with Gasteiger partial charge in [-0.3, -0.25) is 0 Å². The Bertz CT molecular complexity index is 326. The van der Waals surface area contributed by atoms with Crippen LogP contribution in [0.5, 0.6) is 0 Å². The summed E-state index contributed by atoms with van der Waals surface area (Å²) < 4.78 is 0. The number of halogens is 1. The highest BCUT2D eigenvalue weighted by atomic mass is 35.5. The highest BCUT2D eigenvalue weighted by Gasteiger charge is 2.08. The topological polar surface area (TPSA) is 12.0 Å². The molecule has 0 aromatic heterocycles. The number of nitrogens with one attached hydrogen (secondary N) is 1. The van der Waals surface area contributed by atoms with Gasteiger partial charge in [-0.05, 0) is 36.5 Å². The minimum atomic E-state index is 0.376. The van der Waals surface area contributed by atoms with E-state index in [0.29, 0.717) is 5.41 Å². The first kappa shape index (κ1) is 12.4. The van der Waals surface area contributed by atoms with Crippen molar-refractivity contribution in [3.8, 4) is 0 Å². The van der Waals surface area contributed by atoms with Gasteiger partial charge in [0.2, 0.25) is 0 Å². The molecule has 0 aliphatic rings. The van der Waals surface area contributed by atoms with E-state index in [2.05, 4.69) is 32.2 Å². The standard InChI is InChI=1S/C13H20ClN/c1-10-5-6-11(9-12(10)14)15-8-7-13(2,3)4/h5-6,9,15H,7-8H2,1-4H3. The molecule has 0 amide bonds. The zero-order chi connectivity index (χ0) is 11.5. The summed E-state index contributed by atoms with van der Waals surface area (Å²) in [5, 5.41) is 4.21. The molecule has 0 saturated carbocycles. The van der Waals surface area contributed by atoms with Crippen LogP contribution in [0, 0.1) is 12.3 Å². The van der Waals surface area contributed by atoms with Crippen molar-refractivity contribution in [1.29, 1.82) is 0 Å². The van der Waals surface area contributed by atoms with Gasteiger partial charge in [0.05, 0.1) is 0 Å². The minimum Gasteiger partial charge on any atom is -0.385 e. The van der Waals surface area contributed by atoms with E-state index in [1.165, 1.54) is 0 Å². The lowest BCUT2D eigenvalue weighted by Crippen LogP contribution is -2.12. The first-order chi connectivity index (χ1) is 6.88. The summed E-state index contributed by atoms with van der Waals surface area (Å²) in [6.07, 6.45) is 1.15. The molecule has 1 rings (SSSR count). The third kappa shape index (κ3) is 4.57. The predicted molar refractivity (Wildman–Crippen MR) is 68.8 cm³/mol. The Morgan fingerprint density at radius 3 is 2.47 bits per heavy atom. The van der Waals surface area contributed by atoms with E-state index < -0.39 is 0 Å². The molecule has 84 valence electrons. The van der Waals surface area contributed by atoms with Crippen LogP contribution >= 0.6 is 11.6 Å². The van der Waals surface area contributed by atoms with E-state index in [4.69, 9.17) is 11.6 Å². The van der Waals surface area contributed by atoms with Crippen molar-refractivity contribution in [1.82, 2.24) is 0 Å². The predicted octanol–water partition coefficient (Wildman–Crippen LogP) is 4.50. The molecule has 0 fully saturated rings. The van der Waals surface area contributed by atoms with Gasteiger partial charge in [0, 0.05) is 17.3 Å². The van der Waals surface area contributed by atoms with Gasteiger partial charge < -0.3 is 5.32 Å². The maximum atomic E-state index is 6.04. The highest BCUT2D eigenvalue weighted by molar-refractivity contribution is 6.31. The van der Waals surface area contributed by atoms with Gasteiger partial charge in [0.1, 0.15) is 0 Å². The van der Waals surface area contributed by atoms with Crippen LogP contribution in [0.25, 0.3) is 0 Å². The van der Waals surface area contributed by atoms with Crippen molar-refractivity contribution in [3.05, 3.63) is 28.8 Å². The van der Waals surface area contributed by atoms with Gasteiger partial charge in [-0.1, -0.05) is 38.4 Å². The average molecular weight is 226 g/mol. The van der Waals surface area contributed by atoms with E-state index in [-0.39, 0.29) is 0 Å². The zero-order valence-electron chi connectivity index (χ0n) is 10.0. The second-order valence-corrected chi connectivity index (χ2v) is 5.61. The molecule has 15 heavy (non-hydrogen) atoms. The van der Waals surface area contributed by atoms with Crippen LogP contribution in [0.2, 0.25) is 5.02 Å². The lowest BCUT2D eigenvalue weighted by Gasteiger charge is -2.18. The van der Waals surface area contributed by atoms with Crippen LogP contribution in [0.3, 0.4) is 0 Å². The molecule has 0 bridgehead atoms. The molecule has 2 heteroatoms. The van der Waals surface area contributed by atoms with Gasteiger partial charge >= 0.3 is 0 Å². The maximum Gasteiger partial charge on any atom is 0.0455 e. The number of rotatable bonds is 3. The molecular weight excluding hydrogens is 206 g/mol. The van der Waals surface area contributed by atoms with E-state index in [0.717, 1.165) is 29.2 Å². The molecule has 0 atom stereocenters. The van der Waals surface area contributed by atoms with E-state index >= 15 is 0 Å². The first-order valence-corrected chi connectivity index (χ1v) is 5.76. The van der Waals surface area contributed by atoms with Crippen molar-refractivity contribution in [2.75, 3.05) is 11.9 Å². The lowest BCUT2D eigenvalue weighted by molar-refractivity contribution is 0.390. The second-order valence-electron chi connectivity index (χ2n) is 5.20.